The Kier molecular flexibility index (Phi) is 2.14. The van der Waals surface area contributed by atoms with E-state index in [-0.39, 0.29) is 5.41 Å². The molecule has 0 aliphatic carbocycles. The van der Waals surface area contributed by atoms with Crippen LogP contribution in [0.1, 0.15) is 18.4 Å². The number of aliphatic imine (C=N–C) groups is 1. The first-order chi connectivity index (χ1) is 8.21. The molecule has 3 heterocycles. The highest BCUT2D eigenvalue weighted by atomic mass is 16.4. The van der Waals surface area contributed by atoms with Gasteiger partial charge in [-0.15, -0.1) is 0 Å². The van der Waals surface area contributed by atoms with Gasteiger partial charge in [-0.05, 0) is 18.9 Å². The van der Waals surface area contributed by atoms with E-state index in [0.29, 0.717) is 13.1 Å². The molecule has 0 saturated carbocycles. The molecule has 2 aliphatic rings. The number of rotatable bonds is 0. The average molecular weight is 231 g/mol. The molecule has 0 aromatic carbocycles. The van der Waals surface area contributed by atoms with E-state index >= 15 is 0 Å². The lowest BCUT2D eigenvalue weighted by atomic mass is 9.75. The van der Waals surface area contributed by atoms with Crippen molar-refractivity contribution >= 4 is 18.1 Å². The zero-order valence-corrected chi connectivity index (χ0v) is 9.33. The lowest BCUT2D eigenvalue weighted by Gasteiger charge is -2.36. The predicted octanol–water partition coefficient (Wildman–Crippen LogP) is 1.81. The molecule has 5 heteroatoms. The van der Waals surface area contributed by atoms with E-state index in [4.69, 9.17) is 5.11 Å². The van der Waals surface area contributed by atoms with Crippen molar-refractivity contribution in [1.29, 1.82) is 0 Å². The molecule has 1 aromatic rings. The smallest absolute Gasteiger partial charge is 0.407 e. The number of carboxylic acid groups (broad SMARTS) is 1. The van der Waals surface area contributed by atoms with Gasteiger partial charge in [0.1, 0.15) is 0 Å². The molecule has 5 nitrogen and oxygen atoms in total. The van der Waals surface area contributed by atoms with Crippen LogP contribution in [0.5, 0.6) is 0 Å². The molecule has 1 N–H and O–H groups in total. The molecule has 17 heavy (non-hydrogen) atoms. The minimum atomic E-state index is -0.832. The first-order valence-electron chi connectivity index (χ1n) is 5.70. The highest BCUT2D eigenvalue weighted by Crippen LogP contribution is 2.42. The van der Waals surface area contributed by atoms with Crippen LogP contribution in [-0.4, -0.2) is 40.4 Å². The van der Waals surface area contributed by atoms with Crippen molar-refractivity contribution in [3.8, 4) is 0 Å². The SMILES string of the molecule is O=C(O)N1CCC2(C=Nc3ncccc32)CC1. The largest absolute Gasteiger partial charge is 0.465 e. The maximum absolute atomic E-state index is 10.9. The molecule has 2 aliphatic heterocycles. The van der Waals surface area contributed by atoms with E-state index in [0.717, 1.165) is 24.2 Å². The zero-order chi connectivity index (χ0) is 11.9. The van der Waals surface area contributed by atoms with Crippen molar-refractivity contribution in [2.24, 2.45) is 4.99 Å². The predicted molar refractivity (Wildman–Crippen MR) is 62.9 cm³/mol. The molecular formula is C12H13N3O2. The summed E-state index contributed by atoms with van der Waals surface area (Å²) < 4.78 is 0. The van der Waals surface area contributed by atoms with Gasteiger partial charge in [0.2, 0.25) is 0 Å². The summed E-state index contributed by atoms with van der Waals surface area (Å²) in [4.78, 5) is 20.9. The Hall–Kier alpha value is -1.91. The van der Waals surface area contributed by atoms with Gasteiger partial charge in [0, 0.05) is 36.5 Å². The van der Waals surface area contributed by atoms with E-state index in [9.17, 15) is 4.79 Å². The quantitative estimate of drug-likeness (QED) is 0.740. The molecule has 1 aromatic heterocycles. The molecule has 1 saturated heterocycles. The number of hydrogen-bond acceptors (Lipinski definition) is 3. The van der Waals surface area contributed by atoms with Crippen LogP contribution in [0.4, 0.5) is 10.6 Å². The molecule has 3 rings (SSSR count). The van der Waals surface area contributed by atoms with Gasteiger partial charge >= 0.3 is 6.09 Å². The topological polar surface area (TPSA) is 65.8 Å². The highest BCUT2D eigenvalue weighted by Gasteiger charge is 2.40. The van der Waals surface area contributed by atoms with Crippen LogP contribution in [-0.2, 0) is 5.41 Å². The number of piperidine rings is 1. The summed E-state index contributed by atoms with van der Waals surface area (Å²) >= 11 is 0. The van der Waals surface area contributed by atoms with Gasteiger partial charge in [-0.2, -0.15) is 0 Å². The Bertz CT molecular complexity index is 490. The number of pyridine rings is 1. The molecule has 1 fully saturated rings. The Balaban J connectivity index is 1.87. The van der Waals surface area contributed by atoms with Crippen LogP contribution in [0.3, 0.4) is 0 Å². The number of nitrogens with zero attached hydrogens (tertiary/aromatic N) is 3. The maximum Gasteiger partial charge on any atom is 0.407 e. The summed E-state index contributed by atoms with van der Waals surface area (Å²) in [5, 5.41) is 8.94. The second-order valence-electron chi connectivity index (χ2n) is 4.56. The number of aromatic nitrogens is 1. The molecule has 1 amide bonds. The number of likely N-dealkylation sites (tertiary alicyclic amines) is 1. The molecule has 0 atom stereocenters. The van der Waals surface area contributed by atoms with Gasteiger partial charge in [-0.3, -0.25) is 0 Å². The third-order valence-corrected chi connectivity index (χ3v) is 3.68. The van der Waals surface area contributed by atoms with Crippen molar-refractivity contribution in [2.45, 2.75) is 18.3 Å². The average Bonchev–Trinajstić information content (AvgIpc) is 2.70. The van der Waals surface area contributed by atoms with Gasteiger partial charge in [0.25, 0.3) is 0 Å². The third kappa shape index (κ3) is 1.50. The van der Waals surface area contributed by atoms with Gasteiger partial charge in [-0.1, -0.05) is 6.07 Å². The normalized spacial score (nSPS) is 20.6. The van der Waals surface area contributed by atoms with Crippen molar-refractivity contribution in [1.82, 2.24) is 9.88 Å². The van der Waals surface area contributed by atoms with Crippen molar-refractivity contribution in [3.63, 3.8) is 0 Å². The van der Waals surface area contributed by atoms with Crippen LogP contribution in [0.2, 0.25) is 0 Å². The Morgan fingerprint density at radius 1 is 1.41 bits per heavy atom. The fraction of sp³-hybridized carbons (Fsp3) is 0.417. The standard InChI is InChI=1S/C12H13N3O2/c16-11(17)15-6-3-12(4-7-15)8-14-10-9(12)2-1-5-13-10/h1-2,5,8H,3-4,6-7H2,(H,16,17). The second kappa shape index (κ2) is 3.55. The first-order valence-corrected chi connectivity index (χ1v) is 5.70. The number of fused-ring (bicyclic) bond motifs is 2. The summed E-state index contributed by atoms with van der Waals surface area (Å²) in [6.07, 6.45) is 4.44. The summed E-state index contributed by atoms with van der Waals surface area (Å²) in [5.74, 6) is 0.788. The fourth-order valence-corrected chi connectivity index (χ4v) is 2.64. The minimum Gasteiger partial charge on any atom is -0.465 e. The van der Waals surface area contributed by atoms with Crippen LogP contribution in [0, 0.1) is 0 Å². The zero-order valence-electron chi connectivity index (χ0n) is 9.33. The molecule has 0 unspecified atom stereocenters. The third-order valence-electron chi connectivity index (χ3n) is 3.68. The van der Waals surface area contributed by atoms with Gasteiger partial charge in [0.05, 0.1) is 0 Å². The highest BCUT2D eigenvalue weighted by molar-refractivity contribution is 5.84. The van der Waals surface area contributed by atoms with Crippen LogP contribution >= 0.6 is 0 Å². The Morgan fingerprint density at radius 3 is 2.88 bits per heavy atom. The molecular weight excluding hydrogens is 218 g/mol. The van der Waals surface area contributed by atoms with Crippen LogP contribution < -0.4 is 0 Å². The summed E-state index contributed by atoms with van der Waals surface area (Å²) in [7, 11) is 0. The molecule has 0 radical (unpaired) electrons. The number of amides is 1. The number of carbonyl (C=O) groups is 1. The Morgan fingerprint density at radius 2 is 2.18 bits per heavy atom. The monoisotopic (exact) mass is 231 g/mol. The maximum atomic E-state index is 10.9. The van der Waals surface area contributed by atoms with E-state index in [1.165, 1.54) is 4.90 Å². The summed E-state index contributed by atoms with van der Waals surface area (Å²) in [6.45, 7) is 1.13. The fourth-order valence-electron chi connectivity index (χ4n) is 2.64. The molecule has 0 bridgehead atoms. The van der Waals surface area contributed by atoms with Gasteiger partial charge in [0.15, 0.2) is 5.82 Å². The van der Waals surface area contributed by atoms with E-state index in [2.05, 4.69) is 9.98 Å². The van der Waals surface area contributed by atoms with Gasteiger partial charge in [-0.25, -0.2) is 14.8 Å². The second-order valence-corrected chi connectivity index (χ2v) is 4.56. The van der Waals surface area contributed by atoms with E-state index in [1.54, 1.807) is 6.20 Å². The van der Waals surface area contributed by atoms with Crippen LogP contribution in [0.25, 0.3) is 0 Å². The Labute approximate surface area is 98.8 Å². The minimum absolute atomic E-state index is 0.0878. The lowest BCUT2D eigenvalue weighted by molar-refractivity contribution is 0.127. The van der Waals surface area contributed by atoms with Crippen molar-refractivity contribution in [2.75, 3.05) is 13.1 Å². The van der Waals surface area contributed by atoms with E-state index < -0.39 is 6.09 Å². The van der Waals surface area contributed by atoms with Crippen molar-refractivity contribution in [3.05, 3.63) is 23.9 Å². The number of hydrogen-bond donors (Lipinski definition) is 1. The van der Waals surface area contributed by atoms with E-state index in [1.807, 2.05) is 18.3 Å². The van der Waals surface area contributed by atoms with Crippen molar-refractivity contribution < 1.29 is 9.90 Å². The molecule has 88 valence electrons. The summed E-state index contributed by atoms with van der Waals surface area (Å²) in [6, 6.07) is 3.96. The molecule has 1 spiro atoms. The van der Waals surface area contributed by atoms with Crippen LogP contribution in [0.15, 0.2) is 23.3 Å². The first kappa shape index (κ1) is 10.3. The lowest BCUT2D eigenvalue weighted by Crippen LogP contribution is -2.44. The summed E-state index contributed by atoms with van der Waals surface area (Å²) in [5.41, 5.74) is 1.06. The van der Waals surface area contributed by atoms with Gasteiger partial charge < -0.3 is 10.0 Å².